The minimum absolute atomic E-state index is 0.0402. The maximum Gasteiger partial charge on any atom is 0.186 e. The number of hydrogen-bond acceptors (Lipinski definition) is 5. The molecule has 0 aromatic heterocycles. The lowest BCUT2D eigenvalue weighted by Crippen LogP contribution is -2.39. The van der Waals surface area contributed by atoms with E-state index in [9.17, 15) is 13.5 Å². The summed E-state index contributed by atoms with van der Waals surface area (Å²) in [6.07, 6.45) is 5.45. The summed E-state index contributed by atoms with van der Waals surface area (Å²) in [7, 11) is -3.67. The zero-order valence-corrected chi connectivity index (χ0v) is 14.6. The van der Waals surface area contributed by atoms with E-state index in [0.29, 0.717) is 18.9 Å². The molecular weight excluding hydrogens is 336 g/mol. The van der Waals surface area contributed by atoms with Gasteiger partial charge in [0.25, 0.3) is 0 Å². The molecule has 0 spiro atoms. The van der Waals surface area contributed by atoms with Crippen molar-refractivity contribution in [3.05, 3.63) is 17.2 Å². The van der Waals surface area contributed by atoms with Crippen molar-refractivity contribution >= 4 is 27.1 Å². The third-order valence-corrected chi connectivity index (χ3v) is 7.90. The molecule has 7 heteroatoms. The van der Waals surface area contributed by atoms with Crippen LogP contribution in [0.1, 0.15) is 38.5 Å². The average Bonchev–Trinajstić information content (AvgIpc) is 3.06. The molecule has 1 aliphatic heterocycles. The van der Waals surface area contributed by atoms with Crippen molar-refractivity contribution in [2.75, 3.05) is 18.8 Å². The van der Waals surface area contributed by atoms with Gasteiger partial charge in [0.05, 0.1) is 16.0 Å². The quantitative estimate of drug-likeness (QED) is 0.641. The smallest absolute Gasteiger partial charge is 0.186 e. The van der Waals surface area contributed by atoms with Crippen LogP contribution in [0.3, 0.4) is 0 Å². The summed E-state index contributed by atoms with van der Waals surface area (Å²) in [5.41, 5.74) is 5.68. The summed E-state index contributed by atoms with van der Waals surface area (Å²) in [4.78, 5) is 2.28. The Morgan fingerprint density at radius 3 is 2.35 bits per heavy atom. The monoisotopic (exact) mass is 358 g/mol. The van der Waals surface area contributed by atoms with Crippen LogP contribution in [-0.2, 0) is 9.84 Å². The molecule has 1 heterocycles. The Bertz CT molecular complexity index is 679. The maximum atomic E-state index is 12.9. The first-order chi connectivity index (χ1) is 10.9. The van der Waals surface area contributed by atoms with E-state index >= 15 is 0 Å². The van der Waals surface area contributed by atoms with E-state index in [-0.39, 0.29) is 15.6 Å². The number of nitrogen functional groups attached to an aromatic ring is 1. The largest absolute Gasteiger partial charge is 0.504 e. The highest BCUT2D eigenvalue weighted by molar-refractivity contribution is 7.92. The van der Waals surface area contributed by atoms with Gasteiger partial charge in [-0.2, -0.15) is 0 Å². The first-order valence-corrected chi connectivity index (χ1v) is 10.1. The molecule has 2 aliphatic rings. The van der Waals surface area contributed by atoms with Crippen molar-refractivity contribution in [3.8, 4) is 5.75 Å². The molecule has 3 rings (SSSR count). The second kappa shape index (κ2) is 6.49. The predicted molar refractivity (Wildman–Crippen MR) is 91.6 cm³/mol. The van der Waals surface area contributed by atoms with E-state index in [2.05, 4.69) is 4.90 Å². The average molecular weight is 359 g/mol. The van der Waals surface area contributed by atoms with Gasteiger partial charge in [-0.15, -0.1) is 0 Å². The molecule has 0 radical (unpaired) electrons. The molecular formula is C16H23ClN2O3S. The molecule has 5 nitrogen and oxygen atoms in total. The Morgan fingerprint density at radius 1 is 1.13 bits per heavy atom. The van der Waals surface area contributed by atoms with Crippen LogP contribution in [-0.4, -0.2) is 42.8 Å². The van der Waals surface area contributed by atoms with E-state index in [1.54, 1.807) is 0 Å². The highest BCUT2D eigenvalue weighted by atomic mass is 35.5. The van der Waals surface area contributed by atoms with Crippen molar-refractivity contribution in [1.29, 1.82) is 0 Å². The standard InChI is InChI=1S/C16H23ClN2O3S/c17-13-7-8-14(18)15(20)16(13)23(21,22)12-5-3-11(4-6-12)19-9-1-2-10-19/h7-8,11-12,20H,1-6,9-10,18H2. The first-order valence-electron chi connectivity index (χ1n) is 8.16. The van der Waals surface area contributed by atoms with Crippen LogP contribution in [0.25, 0.3) is 0 Å². The number of anilines is 1. The summed E-state index contributed by atoms with van der Waals surface area (Å²) >= 11 is 6.03. The number of rotatable bonds is 3. The van der Waals surface area contributed by atoms with Gasteiger partial charge in [-0.05, 0) is 63.7 Å². The van der Waals surface area contributed by atoms with E-state index < -0.39 is 20.8 Å². The Labute approximate surface area is 142 Å². The van der Waals surface area contributed by atoms with Crippen LogP contribution in [0.4, 0.5) is 5.69 Å². The SMILES string of the molecule is Nc1ccc(Cl)c(S(=O)(=O)C2CCC(N3CCCC3)CC2)c1O. The molecule has 0 unspecified atom stereocenters. The number of phenolic OH excluding ortho intramolecular Hbond substituents is 1. The first kappa shape index (κ1) is 16.9. The fourth-order valence-electron chi connectivity index (χ4n) is 3.83. The molecule has 0 amide bonds. The number of nitrogens with zero attached hydrogens (tertiary/aromatic N) is 1. The lowest BCUT2D eigenvalue weighted by atomic mass is 9.94. The number of phenols is 1. The highest BCUT2D eigenvalue weighted by Gasteiger charge is 2.37. The van der Waals surface area contributed by atoms with Crippen LogP contribution in [0.15, 0.2) is 17.0 Å². The number of likely N-dealkylation sites (tertiary alicyclic amines) is 1. The lowest BCUT2D eigenvalue weighted by Gasteiger charge is -2.34. The maximum absolute atomic E-state index is 12.9. The van der Waals surface area contributed by atoms with Gasteiger partial charge in [0.2, 0.25) is 0 Å². The normalized spacial score (nSPS) is 26.5. The van der Waals surface area contributed by atoms with Crippen molar-refractivity contribution in [3.63, 3.8) is 0 Å². The number of halogens is 1. The summed E-state index contributed by atoms with van der Waals surface area (Å²) in [6.45, 7) is 2.26. The molecule has 1 aromatic carbocycles. The Balaban J connectivity index is 1.78. The van der Waals surface area contributed by atoms with Gasteiger partial charge in [0.15, 0.2) is 15.6 Å². The predicted octanol–water partition coefficient (Wildman–Crippen LogP) is 2.81. The molecule has 3 N–H and O–H groups in total. The zero-order valence-electron chi connectivity index (χ0n) is 13.0. The van der Waals surface area contributed by atoms with Gasteiger partial charge in [0, 0.05) is 6.04 Å². The molecule has 1 saturated heterocycles. The number of hydrogen-bond donors (Lipinski definition) is 2. The topological polar surface area (TPSA) is 83.6 Å². The van der Waals surface area contributed by atoms with Crippen LogP contribution in [0.2, 0.25) is 5.02 Å². The summed E-state index contributed by atoms with van der Waals surface area (Å²) in [6, 6.07) is 3.34. The van der Waals surface area contributed by atoms with Crippen LogP contribution < -0.4 is 5.73 Å². The molecule has 0 atom stereocenters. The van der Waals surface area contributed by atoms with Crippen LogP contribution in [0.5, 0.6) is 5.75 Å². The van der Waals surface area contributed by atoms with Gasteiger partial charge >= 0.3 is 0 Å². The van der Waals surface area contributed by atoms with Gasteiger partial charge in [0.1, 0.15) is 4.90 Å². The minimum Gasteiger partial charge on any atom is -0.504 e. The van der Waals surface area contributed by atoms with Crippen molar-refractivity contribution in [2.24, 2.45) is 0 Å². The van der Waals surface area contributed by atoms with Gasteiger partial charge < -0.3 is 15.7 Å². The van der Waals surface area contributed by atoms with Gasteiger partial charge in [-0.25, -0.2) is 8.42 Å². The van der Waals surface area contributed by atoms with Crippen LogP contribution >= 0.6 is 11.6 Å². The number of nitrogens with two attached hydrogens (primary N) is 1. The Morgan fingerprint density at radius 2 is 1.74 bits per heavy atom. The number of sulfone groups is 1. The van der Waals surface area contributed by atoms with E-state index in [0.717, 1.165) is 25.9 Å². The number of benzene rings is 1. The zero-order chi connectivity index (χ0) is 16.6. The van der Waals surface area contributed by atoms with Crippen molar-refractivity contribution in [2.45, 2.75) is 54.7 Å². The molecule has 0 bridgehead atoms. The molecule has 1 aromatic rings. The van der Waals surface area contributed by atoms with Crippen molar-refractivity contribution in [1.82, 2.24) is 4.90 Å². The third-order valence-electron chi connectivity index (χ3n) is 5.14. The highest BCUT2D eigenvalue weighted by Crippen LogP contribution is 2.40. The van der Waals surface area contributed by atoms with E-state index in [1.165, 1.54) is 25.0 Å². The van der Waals surface area contributed by atoms with Crippen molar-refractivity contribution < 1.29 is 13.5 Å². The fraction of sp³-hybridized carbons (Fsp3) is 0.625. The molecule has 1 aliphatic carbocycles. The minimum atomic E-state index is -3.67. The Kier molecular flexibility index (Phi) is 4.76. The Hall–Kier alpha value is -0.980. The van der Waals surface area contributed by atoms with Gasteiger partial charge in [-0.1, -0.05) is 11.6 Å². The van der Waals surface area contributed by atoms with Crippen LogP contribution in [0, 0.1) is 0 Å². The molecule has 23 heavy (non-hydrogen) atoms. The summed E-state index contributed by atoms with van der Waals surface area (Å²) < 4.78 is 25.8. The number of aromatic hydroxyl groups is 1. The van der Waals surface area contributed by atoms with E-state index in [1.807, 2.05) is 0 Å². The second-order valence-corrected chi connectivity index (χ2v) is 9.11. The third kappa shape index (κ3) is 3.16. The molecule has 1 saturated carbocycles. The van der Waals surface area contributed by atoms with Gasteiger partial charge in [-0.3, -0.25) is 0 Å². The molecule has 128 valence electrons. The second-order valence-electron chi connectivity index (χ2n) is 6.53. The summed E-state index contributed by atoms with van der Waals surface area (Å²) in [5, 5.41) is 9.62. The lowest BCUT2D eigenvalue weighted by molar-refractivity contribution is 0.192. The van der Waals surface area contributed by atoms with E-state index in [4.69, 9.17) is 17.3 Å². The summed E-state index contributed by atoms with van der Waals surface area (Å²) in [5.74, 6) is -0.417. The fourth-order valence-corrected chi connectivity index (χ4v) is 6.25. The molecule has 2 fully saturated rings.